The fourth-order valence-corrected chi connectivity index (χ4v) is 5.40. The minimum Gasteiger partial charge on any atom is -0.496 e. The molecule has 2 atom stereocenters. The number of carbonyl (C=O) groups is 1. The molecule has 0 spiro atoms. The maximum absolute atomic E-state index is 13.2. The van der Waals surface area contributed by atoms with Gasteiger partial charge in [0.05, 0.1) is 36.1 Å². The monoisotopic (exact) mass is 422 g/mol. The minimum absolute atomic E-state index is 0.0899. The quantitative estimate of drug-likeness (QED) is 0.790. The van der Waals surface area contributed by atoms with Crippen molar-refractivity contribution in [1.82, 2.24) is 4.90 Å². The number of benzene rings is 2. The number of hydrogen-bond acceptors (Lipinski definition) is 6. The number of fused-ring (bicyclic) bond motifs is 1. The van der Waals surface area contributed by atoms with Crippen LogP contribution in [0.1, 0.15) is 30.4 Å². The molecule has 0 aliphatic carbocycles. The highest BCUT2D eigenvalue weighted by atomic mass is 32.2. The van der Waals surface area contributed by atoms with Gasteiger partial charge in [-0.1, -0.05) is 30.3 Å². The molecule has 2 aliphatic heterocycles. The van der Waals surface area contributed by atoms with Crippen LogP contribution in [0.15, 0.2) is 59.1 Å². The SMILES string of the molecule is CCOc1ccc([C@@]2(O)CSC3=C(C#N)[C@@H](c4ccccc4OC)CC(=O)N32)cc1. The number of aliphatic hydroxyl groups is 1. The van der Waals surface area contributed by atoms with Crippen LogP contribution >= 0.6 is 11.8 Å². The van der Waals surface area contributed by atoms with Crippen LogP contribution in [-0.2, 0) is 10.5 Å². The maximum atomic E-state index is 13.2. The molecule has 154 valence electrons. The second-order valence-corrected chi connectivity index (χ2v) is 8.09. The summed E-state index contributed by atoms with van der Waals surface area (Å²) in [5.41, 5.74) is 0.366. The van der Waals surface area contributed by atoms with Gasteiger partial charge < -0.3 is 14.6 Å². The summed E-state index contributed by atoms with van der Waals surface area (Å²) in [7, 11) is 1.57. The van der Waals surface area contributed by atoms with E-state index in [1.165, 1.54) is 16.7 Å². The van der Waals surface area contributed by atoms with Gasteiger partial charge in [-0.15, -0.1) is 11.8 Å². The van der Waals surface area contributed by atoms with Crippen LogP contribution in [0, 0.1) is 11.3 Å². The standard InChI is InChI=1S/C23H22N2O4S/c1-3-29-16-10-8-15(9-11-16)23(27)14-30-22-19(13-24)18(12-21(26)25(22)23)17-6-4-5-7-20(17)28-2/h4-11,18,27H,3,12,14H2,1-2H3/t18-,23+/m1/s1. The van der Waals surface area contributed by atoms with Gasteiger partial charge in [0.2, 0.25) is 5.91 Å². The Bertz CT molecular complexity index is 1040. The molecule has 4 rings (SSSR count). The number of carbonyl (C=O) groups excluding carboxylic acids is 1. The lowest BCUT2D eigenvalue weighted by atomic mass is 9.85. The van der Waals surface area contributed by atoms with E-state index >= 15 is 0 Å². The molecule has 0 bridgehead atoms. The predicted molar refractivity (Wildman–Crippen MR) is 114 cm³/mol. The average molecular weight is 423 g/mol. The molecule has 2 aromatic rings. The van der Waals surface area contributed by atoms with Crippen molar-refractivity contribution in [2.75, 3.05) is 19.5 Å². The van der Waals surface area contributed by atoms with E-state index < -0.39 is 11.6 Å². The van der Waals surface area contributed by atoms with E-state index in [1.807, 2.05) is 31.2 Å². The van der Waals surface area contributed by atoms with Crippen molar-refractivity contribution in [1.29, 1.82) is 5.26 Å². The van der Waals surface area contributed by atoms with E-state index in [1.54, 1.807) is 31.4 Å². The minimum atomic E-state index is -1.50. The van der Waals surface area contributed by atoms with Gasteiger partial charge in [-0.05, 0) is 25.1 Å². The zero-order valence-corrected chi connectivity index (χ0v) is 17.6. The smallest absolute Gasteiger partial charge is 0.231 e. The molecule has 0 aromatic heterocycles. The first-order valence-electron chi connectivity index (χ1n) is 9.72. The van der Waals surface area contributed by atoms with Crippen molar-refractivity contribution in [2.24, 2.45) is 0 Å². The normalized spacial score (nSPS) is 23.2. The van der Waals surface area contributed by atoms with Crippen LogP contribution in [0.4, 0.5) is 0 Å². The van der Waals surface area contributed by atoms with Gasteiger partial charge in [0.25, 0.3) is 0 Å². The van der Waals surface area contributed by atoms with E-state index in [2.05, 4.69) is 6.07 Å². The van der Waals surface area contributed by atoms with Gasteiger partial charge in [-0.2, -0.15) is 5.26 Å². The molecular formula is C23H22N2O4S. The molecule has 1 saturated heterocycles. The number of rotatable bonds is 5. The molecule has 0 radical (unpaired) electrons. The number of para-hydroxylation sites is 1. The van der Waals surface area contributed by atoms with Gasteiger partial charge >= 0.3 is 0 Å². The Morgan fingerprint density at radius 3 is 2.67 bits per heavy atom. The van der Waals surface area contributed by atoms with Crippen LogP contribution in [0.2, 0.25) is 0 Å². The van der Waals surface area contributed by atoms with Gasteiger partial charge in [-0.25, -0.2) is 0 Å². The third kappa shape index (κ3) is 3.22. The topological polar surface area (TPSA) is 82.8 Å². The van der Waals surface area contributed by atoms with Crippen LogP contribution < -0.4 is 9.47 Å². The summed E-state index contributed by atoms with van der Waals surface area (Å²) in [5, 5.41) is 22.0. The maximum Gasteiger partial charge on any atom is 0.231 e. The predicted octanol–water partition coefficient (Wildman–Crippen LogP) is 3.74. The van der Waals surface area contributed by atoms with Crippen LogP contribution in [0.3, 0.4) is 0 Å². The van der Waals surface area contributed by atoms with E-state index in [0.717, 1.165) is 5.56 Å². The van der Waals surface area contributed by atoms with Gasteiger partial charge in [0.1, 0.15) is 11.5 Å². The van der Waals surface area contributed by atoms with Gasteiger partial charge in [0.15, 0.2) is 5.72 Å². The molecule has 0 saturated carbocycles. The number of methoxy groups -OCH3 is 1. The molecule has 2 aliphatic rings. The molecule has 1 N–H and O–H groups in total. The molecule has 0 unspecified atom stereocenters. The summed E-state index contributed by atoms with van der Waals surface area (Å²) in [6.45, 7) is 2.45. The Hall–Kier alpha value is -2.95. The summed E-state index contributed by atoms with van der Waals surface area (Å²) in [4.78, 5) is 14.6. The highest BCUT2D eigenvalue weighted by Crippen LogP contribution is 2.52. The Morgan fingerprint density at radius 2 is 2.00 bits per heavy atom. The number of hydrogen-bond donors (Lipinski definition) is 1. The van der Waals surface area contributed by atoms with Crippen molar-refractivity contribution < 1.29 is 19.4 Å². The van der Waals surface area contributed by atoms with Crippen molar-refractivity contribution >= 4 is 17.7 Å². The first-order chi connectivity index (χ1) is 14.5. The molecule has 6 nitrogen and oxygen atoms in total. The number of thioether (sulfide) groups is 1. The molecule has 2 heterocycles. The number of nitriles is 1. The highest BCUT2D eigenvalue weighted by molar-refractivity contribution is 8.03. The zero-order valence-electron chi connectivity index (χ0n) is 16.8. The fraction of sp³-hybridized carbons (Fsp3) is 0.304. The van der Waals surface area contributed by atoms with Crippen LogP contribution in [-0.4, -0.2) is 35.4 Å². The van der Waals surface area contributed by atoms with E-state index in [4.69, 9.17) is 9.47 Å². The third-order valence-electron chi connectivity index (χ3n) is 5.45. The molecule has 1 amide bonds. The van der Waals surface area contributed by atoms with E-state index in [0.29, 0.717) is 34.3 Å². The van der Waals surface area contributed by atoms with Crippen molar-refractivity contribution in [2.45, 2.75) is 25.0 Å². The lowest BCUT2D eigenvalue weighted by molar-refractivity contribution is -0.149. The second kappa shape index (κ2) is 8.05. The van der Waals surface area contributed by atoms with Gasteiger partial charge in [-0.3, -0.25) is 9.69 Å². The number of amides is 1. The number of nitrogens with zero attached hydrogens (tertiary/aromatic N) is 2. The average Bonchev–Trinajstić information content (AvgIpc) is 3.13. The lowest BCUT2D eigenvalue weighted by Gasteiger charge is -2.38. The second-order valence-electron chi connectivity index (χ2n) is 7.12. The van der Waals surface area contributed by atoms with Crippen LogP contribution in [0.5, 0.6) is 11.5 Å². The van der Waals surface area contributed by atoms with Crippen molar-refractivity contribution in [3.05, 3.63) is 70.3 Å². The molecule has 30 heavy (non-hydrogen) atoms. The Morgan fingerprint density at radius 1 is 1.27 bits per heavy atom. The Balaban J connectivity index is 1.76. The number of allylic oxidation sites excluding steroid dienone is 1. The lowest BCUT2D eigenvalue weighted by Crippen LogP contribution is -2.48. The first kappa shape index (κ1) is 20.3. The summed E-state index contributed by atoms with van der Waals surface area (Å²) in [6.07, 6.45) is 0.0899. The van der Waals surface area contributed by atoms with E-state index in [9.17, 15) is 15.2 Å². The van der Waals surface area contributed by atoms with Gasteiger partial charge in [0, 0.05) is 23.5 Å². The molecule has 7 heteroatoms. The Kier molecular flexibility index (Phi) is 5.46. The van der Waals surface area contributed by atoms with Crippen molar-refractivity contribution in [3.63, 3.8) is 0 Å². The van der Waals surface area contributed by atoms with E-state index in [-0.39, 0.29) is 18.1 Å². The third-order valence-corrected chi connectivity index (χ3v) is 6.68. The Labute approximate surface area is 179 Å². The highest BCUT2D eigenvalue weighted by Gasteiger charge is 2.52. The largest absolute Gasteiger partial charge is 0.496 e. The molecule has 2 aromatic carbocycles. The fourth-order valence-electron chi connectivity index (χ4n) is 4.04. The summed E-state index contributed by atoms with van der Waals surface area (Å²) >= 11 is 1.33. The van der Waals surface area contributed by atoms with Crippen LogP contribution in [0.25, 0.3) is 0 Å². The first-order valence-corrected chi connectivity index (χ1v) is 10.7. The summed E-state index contributed by atoms with van der Waals surface area (Å²) in [5.74, 6) is 0.972. The molecular weight excluding hydrogens is 400 g/mol. The zero-order chi connectivity index (χ0) is 21.3. The molecule has 1 fully saturated rings. The number of ether oxygens (including phenoxy) is 2. The van der Waals surface area contributed by atoms with Crippen molar-refractivity contribution in [3.8, 4) is 17.6 Å². The summed E-state index contributed by atoms with van der Waals surface area (Å²) < 4.78 is 10.9. The summed E-state index contributed by atoms with van der Waals surface area (Å²) in [6, 6.07) is 16.8.